The molecule has 0 aliphatic carbocycles. The lowest BCUT2D eigenvalue weighted by atomic mass is 10.2. The molecule has 1 aliphatic heterocycles. The van der Waals surface area contributed by atoms with Gasteiger partial charge in [0.2, 0.25) is 12.7 Å². The Bertz CT molecular complexity index is 1440. The van der Waals surface area contributed by atoms with Gasteiger partial charge < -0.3 is 14.8 Å². The summed E-state index contributed by atoms with van der Waals surface area (Å²) in [4.78, 5) is 43.2. The van der Waals surface area contributed by atoms with Crippen molar-refractivity contribution in [1.82, 2.24) is 14.1 Å². The quantitative estimate of drug-likeness (QED) is 0.519. The van der Waals surface area contributed by atoms with E-state index in [2.05, 4.69) is 10.3 Å². The molecule has 2 aromatic heterocycles. The topological polar surface area (TPSA) is 104 Å². The van der Waals surface area contributed by atoms with Crippen molar-refractivity contribution in [3.63, 3.8) is 0 Å². The van der Waals surface area contributed by atoms with Crippen molar-refractivity contribution in [2.45, 2.75) is 13.1 Å². The van der Waals surface area contributed by atoms with Gasteiger partial charge in [0, 0.05) is 11.9 Å². The van der Waals surface area contributed by atoms with Gasteiger partial charge in [-0.3, -0.25) is 18.7 Å². The molecule has 0 saturated carbocycles. The third kappa shape index (κ3) is 3.60. The minimum Gasteiger partial charge on any atom is -0.454 e. The molecule has 0 saturated heterocycles. The zero-order valence-corrected chi connectivity index (χ0v) is 16.9. The normalized spacial score (nSPS) is 12.1. The van der Waals surface area contributed by atoms with Crippen LogP contribution in [0.3, 0.4) is 0 Å². The second-order valence-corrected chi connectivity index (χ2v) is 7.24. The van der Waals surface area contributed by atoms with Crippen molar-refractivity contribution < 1.29 is 14.3 Å². The molecule has 5 rings (SSSR count). The molecule has 160 valence electrons. The van der Waals surface area contributed by atoms with Gasteiger partial charge in [0.05, 0.1) is 11.9 Å². The Morgan fingerprint density at radius 3 is 2.62 bits per heavy atom. The highest BCUT2D eigenvalue weighted by Gasteiger charge is 2.18. The highest BCUT2D eigenvalue weighted by Crippen LogP contribution is 2.32. The van der Waals surface area contributed by atoms with Crippen LogP contribution in [0.1, 0.15) is 5.56 Å². The Kier molecular flexibility index (Phi) is 4.91. The number of nitrogens with one attached hydrogen (secondary N) is 1. The van der Waals surface area contributed by atoms with Crippen LogP contribution in [0.2, 0.25) is 0 Å². The number of pyridine rings is 1. The number of hydrogen-bond donors (Lipinski definition) is 1. The number of aromatic nitrogens is 3. The SMILES string of the molecule is O=C(Cn1c(=O)n(Cc2ccc3c(c2)OCO3)c(=O)c2cccnc21)Nc1ccccc1. The summed E-state index contributed by atoms with van der Waals surface area (Å²) in [5.41, 5.74) is 0.360. The number of carbonyl (C=O) groups is 1. The average Bonchev–Trinajstić information content (AvgIpc) is 3.28. The smallest absolute Gasteiger partial charge is 0.333 e. The average molecular weight is 430 g/mol. The molecular weight excluding hydrogens is 412 g/mol. The summed E-state index contributed by atoms with van der Waals surface area (Å²) < 4.78 is 13.0. The van der Waals surface area contributed by atoms with Crippen molar-refractivity contribution in [3.8, 4) is 11.5 Å². The van der Waals surface area contributed by atoms with Gasteiger partial charge in [0.15, 0.2) is 11.5 Å². The Hall–Kier alpha value is -4.40. The first-order chi connectivity index (χ1) is 15.6. The summed E-state index contributed by atoms with van der Waals surface area (Å²) in [6.45, 7) is -0.147. The number of fused-ring (bicyclic) bond motifs is 2. The molecule has 1 N–H and O–H groups in total. The Morgan fingerprint density at radius 2 is 1.78 bits per heavy atom. The molecule has 9 nitrogen and oxygen atoms in total. The van der Waals surface area contributed by atoms with Crippen LogP contribution >= 0.6 is 0 Å². The molecule has 0 fully saturated rings. The highest BCUT2D eigenvalue weighted by molar-refractivity contribution is 5.91. The minimum atomic E-state index is -0.623. The lowest BCUT2D eigenvalue weighted by Gasteiger charge is -2.14. The Balaban J connectivity index is 1.54. The number of carbonyl (C=O) groups excluding carboxylic acids is 1. The molecule has 32 heavy (non-hydrogen) atoms. The summed E-state index contributed by atoms with van der Waals surface area (Å²) in [5.74, 6) is 0.762. The van der Waals surface area contributed by atoms with E-state index in [1.807, 2.05) is 6.07 Å². The lowest BCUT2D eigenvalue weighted by Crippen LogP contribution is -2.42. The highest BCUT2D eigenvalue weighted by atomic mass is 16.7. The summed E-state index contributed by atoms with van der Waals surface area (Å²) in [6, 6.07) is 17.4. The van der Waals surface area contributed by atoms with Gasteiger partial charge in [-0.25, -0.2) is 9.78 Å². The zero-order chi connectivity index (χ0) is 22.1. The first-order valence-electron chi connectivity index (χ1n) is 9.92. The molecule has 1 amide bonds. The number of rotatable bonds is 5. The molecule has 1 aliphatic rings. The third-order valence-corrected chi connectivity index (χ3v) is 5.12. The standard InChI is InChI=1S/C23H18N4O5/c28-20(25-16-5-2-1-3-6-16)13-26-21-17(7-4-10-24-21)22(29)27(23(26)30)12-15-8-9-18-19(11-15)32-14-31-18/h1-11H,12-14H2,(H,25,28). The van der Waals surface area contributed by atoms with Crippen molar-refractivity contribution in [2.24, 2.45) is 0 Å². The van der Waals surface area contributed by atoms with Crippen LogP contribution < -0.4 is 26.0 Å². The van der Waals surface area contributed by atoms with Crippen molar-refractivity contribution in [3.05, 3.63) is 93.3 Å². The van der Waals surface area contributed by atoms with Gasteiger partial charge >= 0.3 is 5.69 Å². The fourth-order valence-corrected chi connectivity index (χ4v) is 3.62. The third-order valence-electron chi connectivity index (χ3n) is 5.12. The number of amides is 1. The molecule has 9 heteroatoms. The second-order valence-electron chi connectivity index (χ2n) is 7.24. The van der Waals surface area contributed by atoms with Crippen LogP contribution in [0, 0.1) is 0 Å². The first kappa shape index (κ1) is 19.6. The van der Waals surface area contributed by atoms with E-state index in [0.29, 0.717) is 22.7 Å². The van der Waals surface area contributed by atoms with E-state index in [4.69, 9.17) is 9.47 Å². The Morgan fingerprint density at radius 1 is 0.969 bits per heavy atom. The monoisotopic (exact) mass is 430 g/mol. The first-order valence-corrected chi connectivity index (χ1v) is 9.92. The van der Waals surface area contributed by atoms with Gasteiger partial charge in [0.1, 0.15) is 12.2 Å². The van der Waals surface area contributed by atoms with Gasteiger partial charge in [-0.05, 0) is 42.0 Å². The molecule has 0 atom stereocenters. The van der Waals surface area contributed by atoms with Crippen molar-refractivity contribution >= 4 is 22.6 Å². The largest absolute Gasteiger partial charge is 0.454 e. The number of benzene rings is 2. The number of hydrogen-bond acceptors (Lipinski definition) is 6. The van der Waals surface area contributed by atoms with Gasteiger partial charge in [-0.1, -0.05) is 24.3 Å². The predicted molar refractivity (Wildman–Crippen MR) is 117 cm³/mol. The summed E-state index contributed by atoms with van der Waals surface area (Å²) >= 11 is 0. The molecule has 3 heterocycles. The molecule has 4 aromatic rings. The predicted octanol–water partition coefficient (Wildman–Crippen LogP) is 1.97. The Labute approximate surface area is 181 Å². The van der Waals surface area contributed by atoms with Crippen LogP contribution in [0.5, 0.6) is 11.5 Å². The van der Waals surface area contributed by atoms with Crippen LogP contribution in [-0.4, -0.2) is 26.8 Å². The van der Waals surface area contributed by atoms with Crippen LogP contribution in [0.15, 0.2) is 76.4 Å². The molecule has 0 radical (unpaired) electrons. The van der Waals surface area contributed by atoms with Crippen molar-refractivity contribution in [1.29, 1.82) is 0 Å². The maximum Gasteiger partial charge on any atom is 0.333 e. The van der Waals surface area contributed by atoms with E-state index in [9.17, 15) is 14.4 Å². The van der Waals surface area contributed by atoms with E-state index in [1.165, 1.54) is 10.8 Å². The zero-order valence-electron chi connectivity index (χ0n) is 16.9. The van der Waals surface area contributed by atoms with E-state index in [1.54, 1.807) is 54.6 Å². The molecular formula is C23H18N4O5. The van der Waals surface area contributed by atoms with Crippen molar-refractivity contribution in [2.75, 3.05) is 12.1 Å². The van der Waals surface area contributed by atoms with Gasteiger partial charge in [-0.2, -0.15) is 0 Å². The fraction of sp³-hybridized carbons (Fsp3) is 0.130. The minimum absolute atomic E-state index is 0.0133. The van der Waals surface area contributed by atoms with Crippen LogP contribution in [0.4, 0.5) is 5.69 Å². The molecule has 0 bridgehead atoms. The second kappa shape index (κ2) is 8.03. The maximum absolute atomic E-state index is 13.3. The molecule has 0 unspecified atom stereocenters. The summed E-state index contributed by atoms with van der Waals surface area (Å²) in [6.07, 6.45) is 1.48. The lowest BCUT2D eigenvalue weighted by molar-refractivity contribution is -0.116. The molecule has 2 aromatic carbocycles. The fourth-order valence-electron chi connectivity index (χ4n) is 3.62. The van der Waals surface area contributed by atoms with E-state index < -0.39 is 17.2 Å². The van der Waals surface area contributed by atoms with E-state index >= 15 is 0 Å². The van der Waals surface area contributed by atoms with Crippen LogP contribution in [0.25, 0.3) is 11.0 Å². The summed E-state index contributed by atoms with van der Waals surface area (Å²) in [7, 11) is 0. The van der Waals surface area contributed by atoms with Gasteiger partial charge in [-0.15, -0.1) is 0 Å². The van der Waals surface area contributed by atoms with Gasteiger partial charge in [0.25, 0.3) is 5.56 Å². The number of anilines is 1. The number of nitrogens with zero attached hydrogens (tertiary/aromatic N) is 3. The van der Waals surface area contributed by atoms with E-state index in [0.717, 1.165) is 4.57 Å². The number of para-hydroxylation sites is 1. The molecule has 0 spiro atoms. The summed E-state index contributed by atoms with van der Waals surface area (Å²) in [5, 5.41) is 3.00. The van der Waals surface area contributed by atoms with Crippen LogP contribution in [-0.2, 0) is 17.9 Å². The van der Waals surface area contributed by atoms with E-state index in [-0.39, 0.29) is 30.9 Å². The number of ether oxygens (including phenoxy) is 2. The maximum atomic E-state index is 13.3.